The second kappa shape index (κ2) is 10.0. The van der Waals surface area contributed by atoms with Crippen LogP contribution in [0.2, 0.25) is 0 Å². The number of hydrogen-bond acceptors (Lipinski definition) is 3. The summed E-state index contributed by atoms with van der Waals surface area (Å²) < 4.78 is 0. The van der Waals surface area contributed by atoms with E-state index in [1.54, 1.807) is 0 Å². The Labute approximate surface area is 179 Å². The standard InChI is InChI=1S/C27H32O3/c1-3-27(30,4-2)26-10-6-9-23(17-26)22-8-5-7-20(15-22)11-12-21-13-14-24(18-28)25(16-21)19-29/h5-10,13-17,28-30H,3-4,11-12,18-19H2,1-2H3. The smallest absolute Gasteiger partial charge is 0.0891 e. The Morgan fingerprint density at radius 3 is 1.90 bits per heavy atom. The predicted molar refractivity (Wildman–Crippen MR) is 122 cm³/mol. The molecule has 3 N–H and O–H groups in total. The lowest BCUT2D eigenvalue weighted by atomic mass is 9.87. The van der Waals surface area contributed by atoms with Crippen molar-refractivity contribution in [1.29, 1.82) is 0 Å². The summed E-state index contributed by atoms with van der Waals surface area (Å²) in [5.41, 5.74) is 6.42. The van der Waals surface area contributed by atoms with Gasteiger partial charge in [-0.15, -0.1) is 0 Å². The van der Waals surface area contributed by atoms with Gasteiger partial charge in [-0.1, -0.05) is 74.5 Å². The van der Waals surface area contributed by atoms with Crippen LogP contribution >= 0.6 is 0 Å². The van der Waals surface area contributed by atoms with Gasteiger partial charge in [-0.05, 0) is 70.7 Å². The highest BCUT2D eigenvalue weighted by atomic mass is 16.3. The van der Waals surface area contributed by atoms with Gasteiger partial charge in [-0.2, -0.15) is 0 Å². The van der Waals surface area contributed by atoms with Crippen LogP contribution in [0, 0.1) is 0 Å². The molecule has 0 aliphatic carbocycles. The maximum absolute atomic E-state index is 10.9. The third-order valence-corrected chi connectivity index (χ3v) is 6.14. The van der Waals surface area contributed by atoms with Gasteiger partial charge in [0.05, 0.1) is 18.8 Å². The summed E-state index contributed by atoms with van der Waals surface area (Å²) >= 11 is 0. The SMILES string of the molecule is CCC(O)(CC)c1cccc(-c2cccc(CCc3ccc(CO)c(CO)c3)c2)c1. The van der Waals surface area contributed by atoms with E-state index in [2.05, 4.69) is 36.4 Å². The summed E-state index contributed by atoms with van der Waals surface area (Å²) in [5.74, 6) is 0. The number of aryl methyl sites for hydroxylation is 2. The molecular formula is C27H32O3. The average Bonchev–Trinajstić information content (AvgIpc) is 2.82. The molecule has 0 amide bonds. The molecule has 3 rings (SSSR count). The molecule has 0 aromatic heterocycles. The van der Waals surface area contributed by atoms with Crippen molar-refractivity contribution in [2.24, 2.45) is 0 Å². The molecule has 0 fully saturated rings. The highest BCUT2D eigenvalue weighted by molar-refractivity contribution is 5.65. The van der Waals surface area contributed by atoms with E-state index >= 15 is 0 Å². The minimum absolute atomic E-state index is 0.0531. The topological polar surface area (TPSA) is 60.7 Å². The largest absolute Gasteiger partial charge is 0.392 e. The molecule has 0 aliphatic rings. The van der Waals surface area contributed by atoms with Crippen molar-refractivity contribution in [3.8, 4) is 11.1 Å². The molecule has 0 saturated heterocycles. The van der Waals surface area contributed by atoms with Gasteiger partial charge in [0, 0.05) is 0 Å². The van der Waals surface area contributed by atoms with Crippen LogP contribution in [0.4, 0.5) is 0 Å². The maximum Gasteiger partial charge on any atom is 0.0891 e. The van der Waals surface area contributed by atoms with Crippen LogP contribution in [0.15, 0.2) is 66.7 Å². The first-order valence-corrected chi connectivity index (χ1v) is 10.8. The van der Waals surface area contributed by atoms with E-state index in [9.17, 15) is 15.3 Å². The fraction of sp³-hybridized carbons (Fsp3) is 0.333. The minimum Gasteiger partial charge on any atom is -0.392 e. The van der Waals surface area contributed by atoms with E-state index in [0.717, 1.165) is 46.2 Å². The van der Waals surface area contributed by atoms with Gasteiger partial charge < -0.3 is 15.3 Å². The summed E-state index contributed by atoms with van der Waals surface area (Å²) in [6.45, 7) is 3.93. The fourth-order valence-corrected chi connectivity index (χ4v) is 3.98. The number of aliphatic hydroxyl groups excluding tert-OH is 2. The monoisotopic (exact) mass is 404 g/mol. The molecular weight excluding hydrogens is 372 g/mol. The molecule has 0 atom stereocenters. The van der Waals surface area contributed by atoms with Crippen molar-refractivity contribution in [2.75, 3.05) is 0 Å². The molecule has 3 aromatic rings. The molecule has 0 saturated carbocycles. The minimum atomic E-state index is -0.779. The Hall–Kier alpha value is -2.46. The van der Waals surface area contributed by atoms with Crippen LogP contribution in [0.25, 0.3) is 11.1 Å². The van der Waals surface area contributed by atoms with E-state index in [0.29, 0.717) is 12.8 Å². The molecule has 0 spiro atoms. The molecule has 0 radical (unpaired) electrons. The zero-order chi connectivity index (χ0) is 21.6. The lowest BCUT2D eigenvalue weighted by Crippen LogP contribution is -2.23. The second-order valence-corrected chi connectivity index (χ2v) is 7.94. The van der Waals surface area contributed by atoms with Crippen LogP contribution in [0.1, 0.15) is 54.5 Å². The van der Waals surface area contributed by atoms with E-state index < -0.39 is 5.60 Å². The number of rotatable bonds is 9. The second-order valence-electron chi connectivity index (χ2n) is 7.94. The number of hydrogen-bond donors (Lipinski definition) is 3. The van der Waals surface area contributed by atoms with Crippen molar-refractivity contribution in [2.45, 2.75) is 58.3 Å². The van der Waals surface area contributed by atoms with Crippen LogP contribution in [-0.2, 0) is 31.7 Å². The maximum atomic E-state index is 10.9. The van der Waals surface area contributed by atoms with Gasteiger partial charge >= 0.3 is 0 Å². The molecule has 0 bridgehead atoms. The Balaban J connectivity index is 1.79. The number of aliphatic hydroxyl groups is 3. The Morgan fingerprint density at radius 2 is 1.27 bits per heavy atom. The Bertz CT molecular complexity index is 973. The quantitative estimate of drug-likeness (QED) is 0.463. The molecule has 3 aromatic carbocycles. The van der Waals surface area contributed by atoms with Gasteiger partial charge in [-0.25, -0.2) is 0 Å². The Morgan fingerprint density at radius 1 is 0.667 bits per heavy atom. The average molecular weight is 405 g/mol. The zero-order valence-electron chi connectivity index (χ0n) is 17.9. The molecule has 30 heavy (non-hydrogen) atoms. The summed E-state index contributed by atoms with van der Waals surface area (Å²) in [6, 6.07) is 22.7. The lowest BCUT2D eigenvalue weighted by Gasteiger charge is -2.26. The normalized spacial score (nSPS) is 11.6. The number of benzene rings is 3. The van der Waals surface area contributed by atoms with E-state index in [4.69, 9.17) is 0 Å². The molecule has 3 heteroatoms. The van der Waals surface area contributed by atoms with Gasteiger partial charge in [0.2, 0.25) is 0 Å². The molecule has 158 valence electrons. The molecule has 3 nitrogen and oxygen atoms in total. The molecule has 0 unspecified atom stereocenters. The van der Waals surface area contributed by atoms with Crippen molar-refractivity contribution in [3.63, 3.8) is 0 Å². The van der Waals surface area contributed by atoms with Crippen LogP contribution in [0.5, 0.6) is 0 Å². The summed E-state index contributed by atoms with van der Waals surface area (Å²) in [4.78, 5) is 0. The Kier molecular flexibility index (Phi) is 7.43. The van der Waals surface area contributed by atoms with Crippen LogP contribution in [0.3, 0.4) is 0 Å². The van der Waals surface area contributed by atoms with Gasteiger partial charge in [0.15, 0.2) is 0 Å². The van der Waals surface area contributed by atoms with Crippen LogP contribution < -0.4 is 0 Å². The summed E-state index contributed by atoms with van der Waals surface area (Å²) in [5, 5.41) is 29.8. The third kappa shape index (κ3) is 4.99. The van der Waals surface area contributed by atoms with Crippen molar-refractivity contribution < 1.29 is 15.3 Å². The van der Waals surface area contributed by atoms with Crippen molar-refractivity contribution >= 4 is 0 Å². The first-order valence-electron chi connectivity index (χ1n) is 10.8. The summed E-state index contributed by atoms with van der Waals surface area (Å²) in [6.07, 6.45) is 3.15. The zero-order valence-corrected chi connectivity index (χ0v) is 17.9. The highest BCUT2D eigenvalue weighted by Crippen LogP contribution is 2.32. The van der Waals surface area contributed by atoms with Gasteiger partial charge in [0.25, 0.3) is 0 Å². The third-order valence-electron chi connectivity index (χ3n) is 6.14. The fourth-order valence-electron chi connectivity index (χ4n) is 3.98. The van der Waals surface area contributed by atoms with E-state index in [1.807, 2.05) is 44.2 Å². The first-order chi connectivity index (χ1) is 14.5. The van der Waals surface area contributed by atoms with Crippen molar-refractivity contribution in [3.05, 3.63) is 94.5 Å². The highest BCUT2D eigenvalue weighted by Gasteiger charge is 2.24. The summed E-state index contributed by atoms with van der Waals surface area (Å²) in [7, 11) is 0. The van der Waals surface area contributed by atoms with E-state index in [1.165, 1.54) is 5.56 Å². The van der Waals surface area contributed by atoms with E-state index in [-0.39, 0.29) is 13.2 Å². The molecule has 0 aliphatic heterocycles. The van der Waals surface area contributed by atoms with Crippen molar-refractivity contribution in [1.82, 2.24) is 0 Å². The molecule has 0 heterocycles. The predicted octanol–water partition coefficient (Wildman–Crippen LogP) is 5.13. The van der Waals surface area contributed by atoms with Gasteiger partial charge in [0.1, 0.15) is 0 Å². The van der Waals surface area contributed by atoms with Gasteiger partial charge in [-0.3, -0.25) is 0 Å². The first kappa shape index (κ1) is 22.2. The lowest BCUT2D eigenvalue weighted by molar-refractivity contribution is 0.0284. The van der Waals surface area contributed by atoms with Crippen LogP contribution in [-0.4, -0.2) is 15.3 Å².